The lowest BCUT2D eigenvalue weighted by Crippen LogP contribution is -2.54. The van der Waals surface area contributed by atoms with E-state index in [1.165, 1.54) is 6.07 Å². The van der Waals surface area contributed by atoms with E-state index in [0.29, 0.717) is 0 Å². The van der Waals surface area contributed by atoms with Crippen LogP contribution in [0, 0.1) is 5.82 Å². The molecular formula is C16H26BrFN2. The molecule has 0 aromatic heterocycles. The van der Waals surface area contributed by atoms with Crippen LogP contribution in [0.1, 0.15) is 45.7 Å². The normalized spacial score (nSPS) is 16.2. The van der Waals surface area contributed by atoms with Gasteiger partial charge >= 0.3 is 0 Å². The summed E-state index contributed by atoms with van der Waals surface area (Å²) in [6, 6.07) is 5.10. The van der Waals surface area contributed by atoms with E-state index in [9.17, 15) is 4.39 Å². The van der Waals surface area contributed by atoms with Crippen LogP contribution in [0.15, 0.2) is 22.7 Å². The highest BCUT2D eigenvalue weighted by Gasteiger charge is 2.38. The molecule has 0 bridgehead atoms. The summed E-state index contributed by atoms with van der Waals surface area (Å²) in [6.07, 6.45) is 0.951. The number of halogens is 2. The first-order valence-electron chi connectivity index (χ1n) is 7.31. The summed E-state index contributed by atoms with van der Waals surface area (Å²) in [7, 11) is 1.91. The number of likely N-dealkylation sites (N-methyl/N-ethyl adjacent to an activating group) is 2. The summed E-state index contributed by atoms with van der Waals surface area (Å²) in [5.41, 5.74) is 0.595. The maximum atomic E-state index is 14.3. The maximum absolute atomic E-state index is 14.3. The third kappa shape index (κ3) is 3.41. The molecule has 0 amide bonds. The smallest absolute Gasteiger partial charge is 0.128 e. The molecule has 0 saturated carbocycles. The summed E-state index contributed by atoms with van der Waals surface area (Å²) >= 11 is 3.45. The van der Waals surface area contributed by atoms with E-state index in [0.717, 1.165) is 29.5 Å². The minimum Gasteiger partial charge on any atom is -0.311 e. The Labute approximate surface area is 130 Å². The second-order valence-corrected chi connectivity index (χ2v) is 6.19. The zero-order valence-electron chi connectivity index (χ0n) is 13.1. The van der Waals surface area contributed by atoms with Crippen LogP contribution in [0.25, 0.3) is 0 Å². The molecule has 1 aromatic carbocycles. The van der Waals surface area contributed by atoms with Gasteiger partial charge in [0.25, 0.3) is 0 Å². The highest BCUT2D eigenvalue weighted by molar-refractivity contribution is 9.10. The second kappa shape index (κ2) is 7.53. The first kappa shape index (κ1) is 17.6. The topological polar surface area (TPSA) is 15.3 Å². The van der Waals surface area contributed by atoms with Gasteiger partial charge in [-0.25, -0.2) is 4.39 Å². The van der Waals surface area contributed by atoms with Crippen LogP contribution in [0.2, 0.25) is 0 Å². The molecule has 0 saturated heterocycles. The number of hydrogen-bond acceptors (Lipinski definition) is 2. The van der Waals surface area contributed by atoms with Crippen LogP contribution < -0.4 is 5.32 Å². The number of rotatable bonds is 7. The van der Waals surface area contributed by atoms with Crippen molar-refractivity contribution in [3.05, 3.63) is 34.1 Å². The van der Waals surface area contributed by atoms with Gasteiger partial charge in [0.05, 0.1) is 6.04 Å². The van der Waals surface area contributed by atoms with Crippen molar-refractivity contribution in [3.8, 4) is 0 Å². The van der Waals surface area contributed by atoms with Gasteiger partial charge in [-0.1, -0.05) is 36.7 Å². The third-order valence-electron chi connectivity index (χ3n) is 4.38. The van der Waals surface area contributed by atoms with Gasteiger partial charge in [-0.3, -0.25) is 4.90 Å². The van der Waals surface area contributed by atoms with Crippen molar-refractivity contribution in [2.75, 3.05) is 20.1 Å². The molecule has 1 N–H and O–H groups in total. The monoisotopic (exact) mass is 344 g/mol. The number of hydrogen-bond donors (Lipinski definition) is 1. The fourth-order valence-corrected chi connectivity index (χ4v) is 3.47. The lowest BCUT2D eigenvalue weighted by Gasteiger charge is -2.46. The number of nitrogens with one attached hydrogen (secondary N) is 1. The zero-order valence-corrected chi connectivity index (χ0v) is 14.7. The molecule has 2 nitrogen and oxygen atoms in total. The Balaban J connectivity index is 3.31. The Hall–Kier alpha value is -0.450. The Morgan fingerprint density at radius 1 is 1.30 bits per heavy atom. The van der Waals surface area contributed by atoms with E-state index in [1.54, 1.807) is 6.07 Å². The Bertz CT molecular complexity index is 434. The second-order valence-electron chi connectivity index (χ2n) is 5.27. The average Bonchev–Trinajstić information content (AvgIpc) is 2.44. The molecule has 0 aliphatic rings. The van der Waals surface area contributed by atoms with E-state index in [4.69, 9.17) is 0 Å². The third-order valence-corrected chi connectivity index (χ3v) is 4.87. The van der Waals surface area contributed by atoms with Gasteiger partial charge in [0.2, 0.25) is 0 Å². The van der Waals surface area contributed by atoms with Crippen molar-refractivity contribution >= 4 is 15.9 Å². The quantitative estimate of drug-likeness (QED) is 0.790. The van der Waals surface area contributed by atoms with Gasteiger partial charge in [0.1, 0.15) is 5.82 Å². The Kier molecular flexibility index (Phi) is 6.62. The van der Waals surface area contributed by atoms with Crippen LogP contribution in [-0.2, 0) is 0 Å². The molecule has 0 fully saturated rings. The first-order chi connectivity index (χ1) is 9.44. The summed E-state index contributed by atoms with van der Waals surface area (Å²) < 4.78 is 15.2. The predicted octanol–water partition coefficient (Wildman–Crippen LogP) is 4.36. The van der Waals surface area contributed by atoms with E-state index in [2.05, 4.69) is 53.8 Å². The molecule has 0 aliphatic heterocycles. The molecule has 1 rings (SSSR count). The molecule has 0 aliphatic carbocycles. The van der Waals surface area contributed by atoms with Gasteiger partial charge in [0, 0.05) is 15.6 Å². The summed E-state index contributed by atoms with van der Waals surface area (Å²) in [4.78, 5) is 2.40. The fraction of sp³-hybridized carbons (Fsp3) is 0.625. The Morgan fingerprint density at radius 3 is 2.35 bits per heavy atom. The molecule has 0 spiro atoms. The SMILES string of the molecule is CCN(CC)C(C)(CC)C(NC)c1cc(Br)ccc1F. The van der Waals surface area contributed by atoms with Gasteiger partial charge < -0.3 is 5.32 Å². The summed E-state index contributed by atoms with van der Waals surface area (Å²) in [5, 5.41) is 3.32. The molecule has 0 radical (unpaired) electrons. The van der Waals surface area contributed by atoms with E-state index >= 15 is 0 Å². The number of nitrogens with zero attached hydrogens (tertiary/aromatic N) is 1. The molecule has 20 heavy (non-hydrogen) atoms. The van der Waals surface area contributed by atoms with E-state index < -0.39 is 0 Å². The van der Waals surface area contributed by atoms with Gasteiger partial charge in [0.15, 0.2) is 0 Å². The van der Waals surface area contributed by atoms with Crippen LogP contribution in [0.4, 0.5) is 4.39 Å². The van der Waals surface area contributed by atoms with Crippen LogP contribution in [0.3, 0.4) is 0 Å². The minimum atomic E-state index is -0.153. The van der Waals surface area contributed by atoms with Crippen molar-refractivity contribution in [1.29, 1.82) is 0 Å². The zero-order chi connectivity index (χ0) is 15.3. The fourth-order valence-electron chi connectivity index (χ4n) is 3.09. The summed E-state index contributed by atoms with van der Waals surface area (Å²) in [5.74, 6) is -0.153. The highest BCUT2D eigenvalue weighted by atomic mass is 79.9. The molecule has 2 atom stereocenters. The maximum Gasteiger partial charge on any atom is 0.128 e. The summed E-state index contributed by atoms with van der Waals surface area (Å²) in [6.45, 7) is 10.6. The van der Waals surface area contributed by atoms with Crippen molar-refractivity contribution in [3.63, 3.8) is 0 Å². The lowest BCUT2D eigenvalue weighted by molar-refractivity contribution is 0.0714. The van der Waals surface area contributed by atoms with E-state index in [1.807, 2.05) is 13.1 Å². The molecule has 114 valence electrons. The van der Waals surface area contributed by atoms with Crippen LogP contribution in [0.5, 0.6) is 0 Å². The molecule has 1 aromatic rings. The van der Waals surface area contributed by atoms with Gasteiger partial charge in [-0.15, -0.1) is 0 Å². The van der Waals surface area contributed by atoms with Crippen molar-refractivity contribution < 1.29 is 4.39 Å². The molecule has 2 unspecified atom stereocenters. The van der Waals surface area contributed by atoms with E-state index in [-0.39, 0.29) is 17.4 Å². The lowest BCUT2D eigenvalue weighted by atomic mass is 9.82. The standard InChI is InChI=1S/C16H26BrFN2/c1-6-16(4,20(7-2)8-3)15(19-5)13-11-12(17)9-10-14(13)18/h9-11,15,19H,6-8H2,1-5H3. The van der Waals surface area contributed by atoms with Crippen molar-refractivity contribution in [2.45, 2.75) is 45.7 Å². The van der Waals surface area contributed by atoms with Crippen molar-refractivity contribution in [2.24, 2.45) is 0 Å². The highest BCUT2D eigenvalue weighted by Crippen LogP contribution is 2.36. The predicted molar refractivity (Wildman–Crippen MR) is 87.5 cm³/mol. The van der Waals surface area contributed by atoms with Crippen LogP contribution in [-0.4, -0.2) is 30.6 Å². The van der Waals surface area contributed by atoms with Crippen LogP contribution >= 0.6 is 15.9 Å². The number of benzene rings is 1. The first-order valence-corrected chi connectivity index (χ1v) is 8.11. The van der Waals surface area contributed by atoms with Crippen molar-refractivity contribution in [1.82, 2.24) is 10.2 Å². The van der Waals surface area contributed by atoms with Gasteiger partial charge in [-0.2, -0.15) is 0 Å². The molecule has 4 heteroatoms. The largest absolute Gasteiger partial charge is 0.311 e. The molecule has 0 heterocycles. The Morgan fingerprint density at radius 2 is 1.90 bits per heavy atom. The minimum absolute atomic E-state index is 0.0510. The molecular weight excluding hydrogens is 319 g/mol. The average molecular weight is 345 g/mol. The van der Waals surface area contributed by atoms with Gasteiger partial charge in [-0.05, 0) is 51.7 Å².